The SMILES string of the molecule is c1ccc(-c2cc(-c3ccccc3)c3c4c2-n2nc5c6c(ccc(c62)B4c2ccc4c6c(nn-3c26)-c2ccccc2-4)-c2ccccc2-5)cc1. The fraction of sp³-hybridized carbons (Fsp3) is 0. The highest BCUT2D eigenvalue weighted by Gasteiger charge is 2.45. The number of aromatic nitrogens is 4. The van der Waals surface area contributed by atoms with Gasteiger partial charge in [0.25, 0.3) is 6.71 Å². The van der Waals surface area contributed by atoms with E-state index in [1.54, 1.807) is 0 Å². The number of nitrogens with zero attached hydrogens (tertiary/aromatic N) is 4. The molecular weight excluding hydrogens is 595 g/mol. The van der Waals surface area contributed by atoms with E-state index in [1.165, 1.54) is 93.8 Å². The fourth-order valence-corrected chi connectivity index (χ4v) is 9.58. The summed E-state index contributed by atoms with van der Waals surface area (Å²) in [6.45, 7) is 0.0146. The van der Waals surface area contributed by atoms with Gasteiger partial charge in [0.15, 0.2) is 0 Å². The Morgan fingerprint density at radius 2 is 0.816 bits per heavy atom. The minimum Gasteiger partial charge on any atom is -0.233 e. The minimum atomic E-state index is 0.0146. The van der Waals surface area contributed by atoms with Gasteiger partial charge in [0, 0.05) is 33.0 Å². The second kappa shape index (κ2) is 8.33. The molecule has 0 radical (unpaired) electrons. The van der Waals surface area contributed by atoms with E-state index >= 15 is 0 Å². The fourth-order valence-electron chi connectivity index (χ4n) is 9.58. The lowest BCUT2D eigenvalue weighted by atomic mass is 9.34. The molecule has 4 heterocycles. The van der Waals surface area contributed by atoms with E-state index in [0.717, 1.165) is 22.8 Å². The zero-order chi connectivity index (χ0) is 31.5. The normalized spacial score (nSPS) is 13.3. The van der Waals surface area contributed by atoms with E-state index in [1.807, 2.05) is 0 Å². The van der Waals surface area contributed by atoms with Gasteiger partial charge in [0.1, 0.15) is 11.4 Å². The van der Waals surface area contributed by atoms with Crippen molar-refractivity contribution in [2.75, 3.05) is 0 Å². The van der Waals surface area contributed by atoms with Crippen LogP contribution in [0.2, 0.25) is 0 Å². The molecule has 0 spiro atoms. The number of benzene rings is 7. The molecule has 2 aliphatic heterocycles. The molecule has 0 bridgehead atoms. The molecule has 4 nitrogen and oxygen atoms in total. The molecule has 7 aromatic carbocycles. The predicted molar refractivity (Wildman–Crippen MR) is 200 cm³/mol. The van der Waals surface area contributed by atoms with Crippen molar-refractivity contribution >= 4 is 44.9 Å². The first-order valence-corrected chi connectivity index (χ1v) is 17.0. The Labute approximate surface area is 281 Å². The molecule has 4 aliphatic rings. The van der Waals surface area contributed by atoms with Gasteiger partial charge in [0.2, 0.25) is 0 Å². The Kier molecular flexibility index (Phi) is 4.20. The van der Waals surface area contributed by atoms with Crippen molar-refractivity contribution in [1.82, 2.24) is 19.6 Å². The summed E-state index contributed by atoms with van der Waals surface area (Å²) >= 11 is 0. The van der Waals surface area contributed by atoms with Crippen molar-refractivity contribution in [2.45, 2.75) is 0 Å². The van der Waals surface area contributed by atoms with Crippen LogP contribution in [0.15, 0.2) is 140 Å². The van der Waals surface area contributed by atoms with Crippen LogP contribution in [0, 0.1) is 0 Å². The lowest BCUT2D eigenvalue weighted by Crippen LogP contribution is -2.60. The standard InChI is InChI=1S/C44H23BN4/c1-3-11-24(12-4-1)32-23-33(25-13-5-2-6-14-25)42-38-41(32)48-43-34(21-19-28-26-15-7-9-17-30(26)39(46-48)36(28)43)45(38)35-22-20-29-27-16-8-10-18-31(27)40-37(29)44(35)49(42)47-40/h1-23H. The lowest BCUT2D eigenvalue weighted by molar-refractivity contribution is 0.897. The molecule has 0 N–H and O–H groups in total. The number of fused-ring (bicyclic) bond motifs is 10. The Morgan fingerprint density at radius 1 is 0.388 bits per heavy atom. The van der Waals surface area contributed by atoms with Crippen LogP contribution < -0.4 is 16.4 Å². The Hall–Kier alpha value is -6.46. The Morgan fingerprint density at radius 3 is 1.29 bits per heavy atom. The number of hydrogen-bond acceptors (Lipinski definition) is 2. The van der Waals surface area contributed by atoms with Gasteiger partial charge in [-0.1, -0.05) is 133 Å². The number of rotatable bonds is 2. The molecule has 0 fully saturated rings. The van der Waals surface area contributed by atoms with Gasteiger partial charge in [-0.3, -0.25) is 0 Å². The average Bonchev–Trinajstić information content (AvgIpc) is 3.92. The monoisotopic (exact) mass is 618 g/mol. The van der Waals surface area contributed by atoms with Crippen molar-refractivity contribution in [3.63, 3.8) is 0 Å². The van der Waals surface area contributed by atoms with Crippen LogP contribution in [0.3, 0.4) is 0 Å². The molecule has 0 unspecified atom stereocenters. The third-order valence-electron chi connectivity index (χ3n) is 11.5. The summed E-state index contributed by atoms with van der Waals surface area (Å²) in [6.07, 6.45) is 0. The van der Waals surface area contributed by atoms with Crippen LogP contribution in [0.5, 0.6) is 0 Å². The van der Waals surface area contributed by atoms with E-state index in [4.69, 9.17) is 10.2 Å². The number of hydrogen-bond donors (Lipinski definition) is 0. The van der Waals surface area contributed by atoms with Crippen LogP contribution in [0.4, 0.5) is 0 Å². The zero-order valence-corrected chi connectivity index (χ0v) is 26.1. The van der Waals surface area contributed by atoms with E-state index < -0.39 is 0 Å². The topological polar surface area (TPSA) is 35.6 Å². The first-order valence-electron chi connectivity index (χ1n) is 17.0. The summed E-state index contributed by atoms with van der Waals surface area (Å²) in [5.74, 6) is 0. The Bertz CT molecular complexity index is 2790. The van der Waals surface area contributed by atoms with Gasteiger partial charge < -0.3 is 0 Å². The Balaban J connectivity index is 1.26. The summed E-state index contributed by atoms with van der Waals surface area (Å²) < 4.78 is 4.57. The van der Waals surface area contributed by atoms with Crippen LogP contribution >= 0.6 is 0 Å². The van der Waals surface area contributed by atoms with E-state index in [-0.39, 0.29) is 6.71 Å². The van der Waals surface area contributed by atoms with Crippen LogP contribution in [0.1, 0.15) is 0 Å². The van der Waals surface area contributed by atoms with Crippen molar-refractivity contribution in [3.8, 4) is 78.4 Å². The molecule has 0 saturated carbocycles. The minimum absolute atomic E-state index is 0.0146. The molecule has 0 amide bonds. The molecule has 9 aromatic rings. The second-order valence-corrected chi connectivity index (χ2v) is 13.7. The van der Waals surface area contributed by atoms with Crippen molar-refractivity contribution in [1.29, 1.82) is 0 Å². The van der Waals surface area contributed by atoms with Gasteiger partial charge in [-0.25, -0.2) is 9.36 Å². The maximum Gasteiger partial charge on any atom is 0.252 e. The van der Waals surface area contributed by atoms with Gasteiger partial charge in [-0.15, -0.1) is 0 Å². The summed E-state index contributed by atoms with van der Waals surface area (Å²) in [6, 6.07) is 51.1. The third-order valence-corrected chi connectivity index (χ3v) is 11.5. The average molecular weight is 619 g/mol. The third kappa shape index (κ3) is 2.76. The van der Waals surface area contributed by atoms with Gasteiger partial charge in [-0.2, -0.15) is 10.2 Å². The molecule has 0 atom stereocenters. The van der Waals surface area contributed by atoms with Crippen LogP contribution in [-0.2, 0) is 0 Å². The second-order valence-electron chi connectivity index (χ2n) is 13.7. The van der Waals surface area contributed by atoms with Crippen molar-refractivity contribution in [3.05, 3.63) is 140 Å². The summed E-state index contributed by atoms with van der Waals surface area (Å²) in [5, 5.41) is 13.6. The molecule has 222 valence electrons. The molecule has 2 aliphatic carbocycles. The summed E-state index contributed by atoms with van der Waals surface area (Å²) in [4.78, 5) is 0. The molecule has 2 aromatic heterocycles. The van der Waals surface area contributed by atoms with Crippen LogP contribution in [0.25, 0.3) is 100 Å². The van der Waals surface area contributed by atoms with E-state index in [0.29, 0.717) is 0 Å². The molecule has 5 heteroatoms. The maximum absolute atomic E-state index is 5.55. The van der Waals surface area contributed by atoms with E-state index in [9.17, 15) is 0 Å². The quantitative estimate of drug-likeness (QED) is 0.184. The van der Waals surface area contributed by atoms with Crippen LogP contribution in [-0.4, -0.2) is 26.3 Å². The van der Waals surface area contributed by atoms with Gasteiger partial charge >= 0.3 is 0 Å². The first-order chi connectivity index (χ1) is 24.3. The lowest BCUT2D eigenvalue weighted by Gasteiger charge is -2.35. The summed E-state index contributed by atoms with van der Waals surface area (Å²) in [7, 11) is 0. The molecule has 0 saturated heterocycles. The summed E-state index contributed by atoms with van der Waals surface area (Å²) in [5.41, 5.74) is 23.1. The highest BCUT2D eigenvalue weighted by molar-refractivity contribution is 7.00. The smallest absolute Gasteiger partial charge is 0.233 e. The maximum atomic E-state index is 5.55. The molecule has 49 heavy (non-hydrogen) atoms. The van der Waals surface area contributed by atoms with Gasteiger partial charge in [0.05, 0.1) is 22.4 Å². The first kappa shape index (κ1) is 24.7. The van der Waals surface area contributed by atoms with Gasteiger partial charge in [-0.05, 0) is 55.8 Å². The van der Waals surface area contributed by atoms with Crippen molar-refractivity contribution in [2.24, 2.45) is 0 Å². The zero-order valence-electron chi connectivity index (χ0n) is 26.1. The highest BCUT2D eigenvalue weighted by Crippen LogP contribution is 2.51. The predicted octanol–water partition coefficient (Wildman–Crippen LogP) is 8.14. The van der Waals surface area contributed by atoms with E-state index in [2.05, 4.69) is 149 Å². The van der Waals surface area contributed by atoms with Crippen molar-refractivity contribution < 1.29 is 0 Å². The highest BCUT2D eigenvalue weighted by atomic mass is 15.3. The largest absolute Gasteiger partial charge is 0.252 e. The molecular formula is C44H23BN4. The molecule has 13 rings (SSSR count).